The van der Waals surface area contributed by atoms with Crippen LogP contribution in [-0.2, 0) is 10.2 Å². The van der Waals surface area contributed by atoms with Gasteiger partial charge in [-0.05, 0) is 11.6 Å². The Bertz CT molecular complexity index is 572. The first-order chi connectivity index (χ1) is 7.92. The molecule has 0 aliphatic rings. The highest BCUT2D eigenvalue weighted by Crippen LogP contribution is 2.35. The molecule has 0 aliphatic carbocycles. The van der Waals surface area contributed by atoms with E-state index in [9.17, 15) is 4.79 Å². The number of carbonyl (C=O) groups is 1. The Balaban J connectivity index is 2.56. The van der Waals surface area contributed by atoms with Crippen molar-refractivity contribution >= 4 is 28.5 Å². The van der Waals surface area contributed by atoms with Gasteiger partial charge in [-0.1, -0.05) is 37.6 Å². The number of nitrogens with one attached hydrogen (secondary N) is 1. The number of carboxylic acid groups (broad SMARTS) is 1. The SMILES string of the molecule is CC(C)(CC(=O)O)c1c[nH]c2c(Cl)cccc12. The van der Waals surface area contributed by atoms with Crippen LogP contribution >= 0.6 is 11.6 Å². The Morgan fingerprint density at radius 2 is 2.18 bits per heavy atom. The Morgan fingerprint density at radius 3 is 2.82 bits per heavy atom. The number of carboxylic acids is 1. The van der Waals surface area contributed by atoms with Gasteiger partial charge in [0.05, 0.1) is 17.0 Å². The first-order valence-electron chi connectivity index (χ1n) is 5.40. The van der Waals surface area contributed by atoms with Gasteiger partial charge in [-0.25, -0.2) is 0 Å². The molecule has 1 heterocycles. The van der Waals surface area contributed by atoms with Crippen LogP contribution in [0, 0.1) is 0 Å². The zero-order valence-electron chi connectivity index (χ0n) is 9.75. The van der Waals surface area contributed by atoms with Gasteiger partial charge in [-0.3, -0.25) is 4.79 Å². The minimum Gasteiger partial charge on any atom is -0.481 e. The quantitative estimate of drug-likeness (QED) is 0.876. The lowest BCUT2D eigenvalue weighted by Crippen LogP contribution is -2.21. The van der Waals surface area contributed by atoms with E-state index in [-0.39, 0.29) is 6.42 Å². The van der Waals surface area contributed by atoms with E-state index < -0.39 is 11.4 Å². The number of fused-ring (bicyclic) bond motifs is 1. The lowest BCUT2D eigenvalue weighted by Gasteiger charge is -2.21. The van der Waals surface area contributed by atoms with Gasteiger partial charge in [0.15, 0.2) is 0 Å². The van der Waals surface area contributed by atoms with E-state index in [4.69, 9.17) is 16.7 Å². The summed E-state index contributed by atoms with van der Waals surface area (Å²) in [6.45, 7) is 3.84. The van der Waals surface area contributed by atoms with Crippen molar-refractivity contribution in [3.8, 4) is 0 Å². The van der Waals surface area contributed by atoms with Crippen LogP contribution in [0.4, 0.5) is 0 Å². The number of hydrogen-bond donors (Lipinski definition) is 2. The second kappa shape index (κ2) is 4.08. The molecule has 0 unspecified atom stereocenters. The van der Waals surface area contributed by atoms with Crippen LogP contribution in [0.5, 0.6) is 0 Å². The van der Waals surface area contributed by atoms with E-state index in [1.165, 1.54) is 0 Å². The number of H-pyrrole nitrogens is 1. The van der Waals surface area contributed by atoms with Gasteiger partial charge in [0, 0.05) is 17.0 Å². The molecule has 0 saturated heterocycles. The summed E-state index contributed by atoms with van der Waals surface area (Å²) in [6.07, 6.45) is 1.94. The van der Waals surface area contributed by atoms with E-state index in [0.29, 0.717) is 5.02 Å². The number of halogens is 1. The van der Waals surface area contributed by atoms with Gasteiger partial charge in [-0.15, -0.1) is 0 Å². The number of aromatic amines is 1. The van der Waals surface area contributed by atoms with Gasteiger partial charge >= 0.3 is 5.97 Å². The van der Waals surface area contributed by atoms with E-state index in [1.54, 1.807) is 0 Å². The summed E-state index contributed by atoms with van der Waals surface area (Å²) in [4.78, 5) is 14.0. The highest BCUT2D eigenvalue weighted by Gasteiger charge is 2.27. The molecular weight excluding hydrogens is 238 g/mol. The number of aromatic nitrogens is 1. The molecule has 0 amide bonds. The predicted octanol–water partition coefficient (Wildman–Crippen LogP) is 3.57. The van der Waals surface area contributed by atoms with E-state index in [2.05, 4.69) is 4.98 Å². The van der Waals surface area contributed by atoms with Crippen molar-refractivity contribution in [3.05, 3.63) is 35.0 Å². The highest BCUT2D eigenvalue weighted by atomic mass is 35.5. The topological polar surface area (TPSA) is 53.1 Å². The van der Waals surface area contributed by atoms with Crippen molar-refractivity contribution < 1.29 is 9.90 Å². The number of rotatable bonds is 3. The predicted molar refractivity (Wildman–Crippen MR) is 68.6 cm³/mol. The first-order valence-corrected chi connectivity index (χ1v) is 5.77. The summed E-state index contributed by atoms with van der Waals surface area (Å²) in [5.74, 6) is -0.800. The first kappa shape index (κ1) is 12.0. The third-order valence-corrected chi connectivity index (χ3v) is 3.30. The lowest BCUT2D eigenvalue weighted by atomic mass is 9.81. The van der Waals surface area contributed by atoms with Crippen LogP contribution in [-0.4, -0.2) is 16.1 Å². The lowest BCUT2D eigenvalue weighted by molar-refractivity contribution is -0.138. The molecule has 2 aromatic rings. The van der Waals surface area contributed by atoms with Crippen molar-refractivity contribution in [3.63, 3.8) is 0 Å². The molecule has 0 fully saturated rings. The molecule has 2 rings (SSSR count). The zero-order chi connectivity index (χ0) is 12.6. The molecule has 0 atom stereocenters. The Morgan fingerprint density at radius 1 is 1.47 bits per heavy atom. The van der Waals surface area contributed by atoms with E-state index >= 15 is 0 Å². The molecule has 1 aromatic heterocycles. The highest BCUT2D eigenvalue weighted by molar-refractivity contribution is 6.35. The van der Waals surface area contributed by atoms with E-state index in [0.717, 1.165) is 16.5 Å². The van der Waals surface area contributed by atoms with Crippen molar-refractivity contribution in [2.24, 2.45) is 0 Å². The molecule has 0 radical (unpaired) electrons. The van der Waals surface area contributed by atoms with Crippen molar-refractivity contribution in [1.82, 2.24) is 4.98 Å². The normalized spacial score (nSPS) is 11.9. The molecule has 0 bridgehead atoms. The third-order valence-electron chi connectivity index (χ3n) is 2.99. The van der Waals surface area contributed by atoms with Gasteiger partial charge in [-0.2, -0.15) is 0 Å². The Labute approximate surface area is 104 Å². The molecule has 4 heteroatoms. The number of aliphatic carboxylic acids is 1. The van der Waals surface area contributed by atoms with Crippen LogP contribution in [0.15, 0.2) is 24.4 Å². The Hall–Kier alpha value is -1.48. The Kier molecular flexibility index (Phi) is 2.87. The van der Waals surface area contributed by atoms with Crippen LogP contribution in [0.2, 0.25) is 5.02 Å². The smallest absolute Gasteiger partial charge is 0.304 e. The zero-order valence-corrected chi connectivity index (χ0v) is 10.5. The van der Waals surface area contributed by atoms with Crippen LogP contribution < -0.4 is 0 Å². The summed E-state index contributed by atoms with van der Waals surface area (Å²) in [5.41, 5.74) is 1.43. The largest absolute Gasteiger partial charge is 0.481 e. The minimum atomic E-state index is -0.800. The molecule has 0 saturated carbocycles. The summed E-state index contributed by atoms with van der Waals surface area (Å²) in [6, 6.07) is 5.64. The molecule has 3 nitrogen and oxygen atoms in total. The van der Waals surface area contributed by atoms with Crippen LogP contribution in [0.25, 0.3) is 10.9 Å². The van der Waals surface area contributed by atoms with Crippen LogP contribution in [0.1, 0.15) is 25.8 Å². The van der Waals surface area contributed by atoms with Gasteiger partial charge < -0.3 is 10.1 Å². The number of para-hydroxylation sites is 1. The molecule has 0 spiro atoms. The average molecular weight is 252 g/mol. The van der Waals surface area contributed by atoms with E-state index in [1.807, 2.05) is 38.2 Å². The fourth-order valence-electron chi connectivity index (χ4n) is 2.15. The molecule has 0 aliphatic heterocycles. The standard InChI is InChI=1S/C13H14ClNO2/c1-13(2,6-11(16)17)9-7-15-12-8(9)4-3-5-10(12)14/h3-5,7,15H,6H2,1-2H3,(H,16,17). The summed E-state index contributed by atoms with van der Waals surface area (Å²) in [5, 5.41) is 10.6. The molecule has 17 heavy (non-hydrogen) atoms. The number of benzene rings is 1. The van der Waals surface area contributed by atoms with Crippen molar-refractivity contribution in [2.45, 2.75) is 25.7 Å². The maximum absolute atomic E-state index is 10.9. The summed E-state index contributed by atoms with van der Waals surface area (Å²) in [7, 11) is 0. The molecule has 1 aromatic carbocycles. The fraction of sp³-hybridized carbons (Fsp3) is 0.308. The maximum atomic E-state index is 10.9. The summed E-state index contributed by atoms with van der Waals surface area (Å²) < 4.78 is 0. The second-order valence-electron chi connectivity index (χ2n) is 4.82. The third kappa shape index (κ3) is 2.15. The molecule has 2 N–H and O–H groups in total. The second-order valence-corrected chi connectivity index (χ2v) is 5.23. The van der Waals surface area contributed by atoms with Crippen molar-refractivity contribution in [1.29, 1.82) is 0 Å². The molecule has 90 valence electrons. The van der Waals surface area contributed by atoms with Gasteiger partial charge in [0.25, 0.3) is 0 Å². The number of hydrogen-bond acceptors (Lipinski definition) is 1. The maximum Gasteiger partial charge on any atom is 0.304 e. The van der Waals surface area contributed by atoms with Crippen molar-refractivity contribution in [2.75, 3.05) is 0 Å². The summed E-state index contributed by atoms with van der Waals surface area (Å²) >= 11 is 6.08. The van der Waals surface area contributed by atoms with Crippen LogP contribution in [0.3, 0.4) is 0 Å². The molecular formula is C13H14ClNO2. The van der Waals surface area contributed by atoms with Gasteiger partial charge in [0.2, 0.25) is 0 Å². The van der Waals surface area contributed by atoms with Gasteiger partial charge in [0.1, 0.15) is 0 Å². The minimum absolute atomic E-state index is 0.0897. The average Bonchev–Trinajstić information content (AvgIpc) is 2.61. The monoisotopic (exact) mass is 251 g/mol. The fourth-order valence-corrected chi connectivity index (χ4v) is 2.38.